The van der Waals surface area contributed by atoms with E-state index in [2.05, 4.69) is 25.2 Å². The van der Waals surface area contributed by atoms with Gasteiger partial charge in [-0.3, -0.25) is 0 Å². The molecule has 108 valence electrons. The largest absolute Gasteiger partial charge is 0.494 e. The van der Waals surface area contributed by atoms with E-state index in [1.807, 2.05) is 18.2 Å². The summed E-state index contributed by atoms with van der Waals surface area (Å²) in [4.78, 5) is 0. The molecule has 0 aliphatic heterocycles. The maximum absolute atomic E-state index is 11.0. The molecule has 0 radical (unpaired) electrons. The Morgan fingerprint density at radius 1 is 1.37 bits per heavy atom. The molecule has 0 aliphatic carbocycles. The zero-order chi connectivity index (χ0) is 14.3. The first-order chi connectivity index (χ1) is 8.92. The van der Waals surface area contributed by atoms with Crippen LogP contribution in [-0.2, 0) is 9.84 Å². The van der Waals surface area contributed by atoms with Gasteiger partial charge in [-0.1, -0.05) is 19.1 Å². The lowest BCUT2D eigenvalue weighted by Crippen LogP contribution is -2.17. The predicted octanol–water partition coefficient (Wildman–Crippen LogP) is 2.17. The maximum atomic E-state index is 11.0. The van der Waals surface area contributed by atoms with Gasteiger partial charge in [0, 0.05) is 12.3 Å². The van der Waals surface area contributed by atoms with Gasteiger partial charge < -0.3 is 10.1 Å². The van der Waals surface area contributed by atoms with E-state index in [1.54, 1.807) is 0 Å². The van der Waals surface area contributed by atoms with Crippen molar-refractivity contribution in [2.45, 2.75) is 26.3 Å². The third kappa shape index (κ3) is 6.59. The molecule has 1 N–H and O–H groups in total. The third-order valence-corrected chi connectivity index (χ3v) is 3.83. The van der Waals surface area contributed by atoms with Gasteiger partial charge in [-0.2, -0.15) is 0 Å². The molecule has 0 heterocycles. The summed E-state index contributed by atoms with van der Waals surface area (Å²) in [7, 11) is -2.90. The lowest BCUT2D eigenvalue weighted by molar-refractivity contribution is 0.317. The molecular weight excluding hydrogens is 262 g/mol. The van der Waals surface area contributed by atoms with Crippen molar-refractivity contribution in [3.8, 4) is 5.75 Å². The van der Waals surface area contributed by atoms with Crippen LogP contribution in [0.2, 0.25) is 0 Å². The minimum Gasteiger partial charge on any atom is -0.494 e. The van der Waals surface area contributed by atoms with Crippen molar-refractivity contribution in [1.29, 1.82) is 0 Å². The van der Waals surface area contributed by atoms with Gasteiger partial charge in [0.1, 0.15) is 15.6 Å². The molecule has 1 atom stereocenters. The van der Waals surface area contributed by atoms with Crippen LogP contribution in [0.4, 0.5) is 0 Å². The fraction of sp³-hybridized carbons (Fsp3) is 0.571. The topological polar surface area (TPSA) is 55.4 Å². The van der Waals surface area contributed by atoms with Crippen molar-refractivity contribution >= 4 is 9.84 Å². The Balaban J connectivity index is 2.48. The molecule has 0 amide bonds. The molecule has 4 nitrogen and oxygen atoms in total. The van der Waals surface area contributed by atoms with Crippen molar-refractivity contribution < 1.29 is 13.2 Å². The molecule has 0 saturated heterocycles. The second-order valence-corrected chi connectivity index (χ2v) is 6.94. The molecular formula is C14H23NO3S. The van der Waals surface area contributed by atoms with Gasteiger partial charge in [0.15, 0.2) is 0 Å². The van der Waals surface area contributed by atoms with Crippen molar-refractivity contribution in [3.63, 3.8) is 0 Å². The quantitative estimate of drug-likeness (QED) is 0.744. The molecule has 0 fully saturated rings. The summed E-state index contributed by atoms with van der Waals surface area (Å²) in [5.41, 5.74) is 1.17. The second kappa shape index (κ2) is 7.50. The number of benzene rings is 1. The van der Waals surface area contributed by atoms with Gasteiger partial charge >= 0.3 is 0 Å². The van der Waals surface area contributed by atoms with E-state index in [9.17, 15) is 8.42 Å². The summed E-state index contributed by atoms with van der Waals surface area (Å²) >= 11 is 0. The Kier molecular flexibility index (Phi) is 6.31. The summed E-state index contributed by atoms with van der Waals surface area (Å²) in [6, 6.07) is 8.17. The monoisotopic (exact) mass is 285 g/mol. The zero-order valence-corrected chi connectivity index (χ0v) is 12.7. The summed E-state index contributed by atoms with van der Waals surface area (Å²) in [6.45, 7) is 5.51. The van der Waals surface area contributed by atoms with Crippen LogP contribution in [0.15, 0.2) is 24.3 Å². The molecule has 1 rings (SSSR count). The van der Waals surface area contributed by atoms with Gasteiger partial charge in [0.05, 0.1) is 12.4 Å². The molecule has 0 bridgehead atoms. The Hall–Kier alpha value is -1.07. The van der Waals surface area contributed by atoms with E-state index in [1.165, 1.54) is 11.8 Å². The Morgan fingerprint density at radius 2 is 2.11 bits per heavy atom. The molecule has 0 spiro atoms. The summed E-state index contributed by atoms with van der Waals surface area (Å²) in [5, 5.41) is 3.34. The summed E-state index contributed by atoms with van der Waals surface area (Å²) in [6.07, 6.45) is 1.76. The molecule has 5 heteroatoms. The minimum absolute atomic E-state index is 0.167. The fourth-order valence-electron chi connectivity index (χ4n) is 1.81. The maximum Gasteiger partial charge on any atom is 0.147 e. The van der Waals surface area contributed by atoms with Crippen LogP contribution in [0.3, 0.4) is 0 Å². The van der Waals surface area contributed by atoms with E-state index in [0.29, 0.717) is 13.0 Å². The van der Waals surface area contributed by atoms with Crippen LogP contribution >= 0.6 is 0 Å². The zero-order valence-electron chi connectivity index (χ0n) is 11.8. The van der Waals surface area contributed by atoms with Crippen LogP contribution in [0.25, 0.3) is 0 Å². The molecule has 1 unspecified atom stereocenters. The van der Waals surface area contributed by atoms with Crippen molar-refractivity contribution in [1.82, 2.24) is 5.32 Å². The highest BCUT2D eigenvalue weighted by Gasteiger charge is 2.05. The Bertz CT molecular complexity index is 485. The van der Waals surface area contributed by atoms with Crippen LogP contribution in [-0.4, -0.2) is 33.6 Å². The Morgan fingerprint density at radius 3 is 2.74 bits per heavy atom. The fourth-order valence-corrected chi connectivity index (χ4v) is 2.45. The molecule has 19 heavy (non-hydrogen) atoms. The lowest BCUT2D eigenvalue weighted by Gasteiger charge is -2.14. The molecule has 1 aromatic rings. The van der Waals surface area contributed by atoms with Gasteiger partial charge in [-0.05, 0) is 37.6 Å². The van der Waals surface area contributed by atoms with Crippen LogP contribution < -0.4 is 10.1 Å². The van der Waals surface area contributed by atoms with Gasteiger partial charge in [0.2, 0.25) is 0 Å². The highest BCUT2D eigenvalue weighted by Crippen LogP contribution is 2.19. The Labute approximate surface area is 116 Å². The number of ether oxygens (including phenoxy) is 1. The predicted molar refractivity (Wildman–Crippen MR) is 78.4 cm³/mol. The average molecular weight is 285 g/mol. The van der Waals surface area contributed by atoms with Crippen molar-refractivity contribution in [2.24, 2.45) is 0 Å². The van der Waals surface area contributed by atoms with Crippen molar-refractivity contribution in [3.05, 3.63) is 29.8 Å². The van der Waals surface area contributed by atoms with Gasteiger partial charge in [0.25, 0.3) is 0 Å². The third-order valence-electron chi connectivity index (χ3n) is 2.80. The van der Waals surface area contributed by atoms with Crippen molar-refractivity contribution in [2.75, 3.05) is 25.2 Å². The molecule has 1 aromatic carbocycles. The van der Waals surface area contributed by atoms with E-state index in [-0.39, 0.29) is 11.8 Å². The SMILES string of the molecule is CCNC(C)c1cccc(OCCCS(C)(=O)=O)c1. The first-order valence-corrected chi connectivity index (χ1v) is 8.62. The highest BCUT2D eigenvalue weighted by atomic mass is 32.2. The smallest absolute Gasteiger partial charge is 0.147 e. The van der Waals surface area contributed by atoms with E-state index < -0.39 is 9.84 Å². The first-order valence-electron chi connectivity index (χ1n) is 6.56. The number of nitrogens with one attached hydrogen (secondary N) is 1. The first kappa shape index (κ1) is 16.0. The van der Waals surface area contributed by atoms with Gasteiger partial charge in [-0.15, -0.1) is 0 Å². The number of sulfone groups is 1. The second-order valence-electron chi connectivity index (χ2n) is 4.68. The number of hydrogen-bond donors (Lipinski definition) is 1. The van der Waals surface area contributed by atoms with E-state index in [0.717, 1.165) is 12.3 Å². The standard InChI is InChI=1S/C14H23NO3S/c1-4-15-12(2)13-7-5-8-14(11-13)18-9-6-10-19(3,16)17/h5,7-8,11-12,15H,4,6,9-10H2,1-3H3. The van der Waals surface area contributed by atoms with E-state index in [4.69, 9.17) is 4.74 Å². The minimum atomic E-state index is -2.90. The summed E-state index contributed by atoms with van der Waals surface area (Å²) in [5.74, 6) is 0.955. The van der Waals surface area contributed by atoms with Crippen LogP contribution in [0.5, 0.6) is 5.75 Å². The average Bonchev–Trinajstić information content (AvgIpc) is 2.34. The lowest BCUT2D eigenvalue weighted by atomic mass is 10.1. The number of hydrogen-bond acceptors (Lipinski definition) is 4. The molecule has 0 aliphatic rings. The van der Waals surface area contributed by atoms with Crippen LogP contribution in [0, 0.1) is 0 Å². The van der Waals surface area contributed by atoms with Crippen LogP contribution in [0.1, 0.15) is 31.9 Å². The summed E-state index contributed by atoms with van der Waals surface area (Å²) < 4.78 is 27.6. The molecule has 0 saturated carbocycles. The number of rotatable bonds is 8. The molecule has 0 aromatic heterocycles. The normalized spacial score (nSPS) is 13.2. The highest BCUT2D eigenvalue weighted by molar-refractivity contribution is 7.90. The van der Waals surface area contributed by atoms with Gasteiger partial charge in [-0.25, -0.2) is 8.42 Å². The van der Waals surface area contributed by atoms with E-state index >= 15 is 0 Å².